The van der Waals surface area contributed by atoms with Crippen LogP contribution in [-0.4, -0.2) is 36.6 Å². The Kier molecular flexibility index (Phi) is 3.00. The normalized spacial score (nSPS) is 15.5. The zero-order valence-electron chi connectivity index (χ0n) is 11.1. The number of rotatable bonds is 5. The van der Waals surface area contributed by atoms with E-state index in [4.69, 9.17) is 4.74 Å². The summed E-state index contributed by atoms with van der Waals surface area (Å²) in [4.78, 5) is 5.81. The van der Waals surface area contributed by atoms with E-state index in [0.717, 1.165) is 24.8 Å². The van der Waals surface area contributed by atoms with E-state index < -0.39 is 0 Å². The first-order valence-electron chi connectivity index (χ1n) is 6.62. The van der Waals surface area contributed by atoms with Crippen molar-refractivity contribution in [1.82, 2.24) is 9.88 Å². The van der Waals surface area contributed by atoms with Crippen LogP contribution < -0.4 is 4.74 Å². The molecule has 3 heteroatoms. The Hall–Kier alpha value is -1.48. The summed E-state index contributed by atoms with van der Waals surface area (Å²) in [5.41, 5.74) is 2.57. The van der Waals surface area contributed by atoms with Gasteiger partial charge in [-0.3, -0.25) is 0 Å². The van der Waals surface area contributed by atoms with Gasteiger partial charge in [-0.05, 0) is 44.0 Å². The summed E-state index contributed by atoms with van der Waals surface area (Å²) in [5.74, 6) is 0.908. The van der Waals surface area contributed by atoms with Gasteiger partial charge in [0.2, 0.25) is 0 Å². The summed E-state index contributed by atoms with van der Waals surface area (Å²) in [6.45, 7) is 1.14. The number of likely N-dealkylation sites (N-methyl/N-ethyl adjacent to an activating group) is 1. The molecule has 0 unspecified atom stereocenters. The Morgan fingerprint density at radius 1 is 1.39 bits per heavy atom. The molecule has 18 heavy (non-hydrogen) atoms. The Morgan fingerprint density at radius 3 is 2.94 bits per heavy atom. The highest BCUT2D eigenvalue weighted by Crippen LogP contribution is 2.27. The fraction of sp³-hybridized carbons (Fsp3) is 0.467. The molecule has 3 rings (SSSR count). The first kappa shape index (κ1) is 11.6. The fourth-order valence-corrected chi connectivity index (χ4v) is 2.49. The van der Waals surface area contributed by atoms with Gasteiger partial charge in [0.05, 0.1) is 7.11 Å². The first-order valence-corrected chi connectivity index (χ1v) is 6.62. The number of nitrogens with zero attached hydrogens (tertiary/aromatic N) is 1. The number of aromatic amines is 1. The minimum absolute atomic E-state index is 0.843. The van der Waals surface area contributed by atoms with Crippen LogP contribution in [0.4, 0.5) is 0 Å². The molecule has 1 heterocycles. The minimum atomic E-state index is 0.843. The van der Waals surface area contributed by atoms with Gasteiger partial charge in [-0.25, -0.2) is 0 Å². The highest BCUT2D eigenvalue weighted by molar-refractivity contribution is 5.84. The second kappa shape index (κ2) is 4.65. The number of H-pyrrole nitrogens is 1. The van der Waals surface area contributed by atoms with Gasteiger partial charge >= 0.3 is 0 Å². The molecule has 1 aliphatic carbocycles. The molecule has 1 saturated carbocycles. The number of benzene rings is 1. The summed E-state index contributed by atoms with van der Waals surface area (Å²) in [7, 11) is 3.94. The van der Waals surface area contributed by atoms with Crippen molar-refractivity contribution in [3.05, 3.63) is 30.0 Å². The maximum Gasteiger partial charge on any atom is 0.120 e. The van der Waals surface area contributed by atoms with Gasteiger partial charge in [-0.1, -0.05) is 0 Å². The van der Waals surface area contributed by atoms with E-state index in [0.29, 0.717) is 0 Å². The number of hydrogen-bond donors (Lipinski definition) is 1. The van der Waals surface area contributed by atoms with Crippen molar-refractivity contribution < 1.29 is 4.74 Å². The molecule has 1 aromatic heterocycles. The second-order valence-electron chi connectivity index (χ2n) is 5.19. The number of methoxy groups -OCH3 is 1. The molecule has 0 radical (unpaired) electrons. The number of aromatic nitrogens is 1. The number of hydrogen-bond acceptors (Lipinski definition) is 2. The fourth-order valence-electron chi connectivity index (χ4n) is 2.49. The number of ether oxygens (including phenoxy) is 1. The standard InChI is InChI=1S/C15H20N2O/c1-17(12-3-4-12)8-7-11-10-16-15-9-13(18-2)5-6-14(11)15/h5-6,9-10,12,16H,3-4,7-8H2,1-2H3. The third-order valence-electron chi connectivity index (χ3n) is 3.88. The van der Waals surface area contributed by atoms with Crippen LogP contribution in [0.3, 0.4) is 0 Å². The zero-order valence-corrected chi connectivity index (χ0v) is 11.1. The van der Waals surface area contributed by atoms with E-state index in [1.54, 1.807) is 7.11 Å². The van der Waals surface area contributed by atoms with E-state index >= 15 is 0 Å². The maximum atomic E-state index is 5.24. The molecule has 1 fully saturated rings. The molecule has 0 spiro atoms. The molecule has 0 amide bonds. The van der Waals surface area contributed by atoms with Crippen molar-refractivity contribution in [2.75, 3.05) is 20.7 Å². The Bertz CT molecular complexity index is 542. The highest BCUT2D eigenvalue weighted by Gasteiger charge is 2.25. The highest BCUT2D eigenvalue weighted by atomic mass is 16.5. The van der Waals surface area contributed by atoms with Gasteiger partial charge in [-0.2, -0.15) is 0 Å². The molecule has 0 bridgehead atoms. The second-order valence-corrected chi connectivity index (χ2v) is 5.19. The van der Waals surface area contributed by atoms with Crippen molar-refractivity contribution in [2.24, 2.45) is 0 Å². The summed E-state index contributed by atoms with van der Waals surface area (Å²) in [6, 6.07) is 7.08. The van der Waals surface area contributed by atoms with Crippen molar-refractivity contribution >= 4 is 10.9 Å². The lowest BCUT2D eigenvalue weighted by molar-refractivity contribution is 0.329. The third-order valence-corrected chi connectivity index (χ3v) is 3.88. The van der Waals surface area contributed by atoms with Crippen LogP contribution in [0.25, 0.3) is 10.9 Å². The van der Waals surface area contributed by atoms with Crippen LogP contribution in [-0.2, 0) is 6.42 Å². The maximum absolute atomic E-state index is 5.24. The van der Waals surface area contributed by atoms with Crippen LogP contribution in [0.5, 0.6) is 5.75 Å². The quantitative estimate of drug-likeness (QED) is 0.876. The Morgan fingerprint density at radius 2 is 2.22 bits per heavy atom. The van der Waals surface area contributed by atoms with Crippen LogP contribution in [0.2, 0.25) is 0 Å². The molecular formula is C15H20N2O. The van der Waals surface area contributed by atoms with Gasteiger partial charge < -0.3 is 14.6 Å². The largest absolute Gasteiger partial charge is 0.497 e. The number of fused-ring (bicyclic) bond motifs is 1. The summed E-state index contributed by atoms with van der Waals surface area (Å²) in [6.07, 6.45) is 5.99. The van der Waals surface area contributed by atoms with E-state index in [1.165, 1.54) is 29.3 Å². The van der Waals surface area contributed by atoms with Crippen molar-refractivity contribution in [3.63, 3.8) is 0 Å². The van der Waals surface area contributed by atoms with Crippen molar-refractivity contribution in [2.45, 2.75) is 25.3 Å². The predicted molar refractivity (Wildman–Crippen MR) is 74.2 cm³/mol. The van der Waals surface area contributed by atoms with Gasteiger partial charge in [-0.15, -0.1) is 0 Å². The van der Waals surface area contributed by atoms with Gasteiger partial charge in [0.15, 0.2) is 0 Å². The van der Waals surface area contributed by atoms with E-state index in [1.807, 2.05) is 6.07 Å². The summed E-state index contributed by atoms with van der Waals surface area (Å²) < 4.78 is 5.24. The first-order chi connectivity index (χ1) is 8.78. The molecule has 3 nitrogen and oxygen atoms in total. The average Bonchev–Trinajstić information content (AvgIpc) is 3.17. The minimum Gasteiger partial charge on any atom is -0.497 e. The van der Waals surface area contributed by atoms with Crippen LogP contribution in [0, 0.1) is 0 Å². The van der Waals surface area contributed by atoms with Gasteiger partial charge in [0, 0.05) is 35.8 Å². The van der Waals surface area contributed by atoms with Gasteiger partial charge in [0.1, 0.15) is 5.75 Å². The lowest BCUT2D eigenvalue weighted by Gasteiger charge is -2.14. The van der Waals surface area contributed by atoms with Crippen LogP contribution >= 0.6 is 0 Å². The van der Waals surface area contributed by atoms with E-state index in [2.05, 4.69) is 35.3 Å². The van der Waals surface area contributed by atoms with E-state index in [-0.39, 0.29) is 0 Å². The lowest BCUT2D eigenvalue weighted by atomic mass is 10.1. The molecule has 96 valence electrons. The van der Waals surface area contributed by atoms with Crippen molar-refractivity contribution in [1.29, 1.82) is 0 Å². The SMILES string of the molecule is COc1ccc2c(CCN(C)C3CC3)c[nH]c2c1. The predicted octanol–water partition coefficient (Wildman–Crippen LogP) is 2.81. The monoisotopic (exact) mass is 244 g/mol. The molecule has 1 N–H and O–H groups in total. The molecule has 0 aliphatic heterocycles. The Balaban J connectivity index is 1.75. The summed E-state index contributed by atoms with van der Waals surface area (Å²) >= 11 is 0. The summed E-state index contributed by atoms with van der Waals surface area (Å²) in [5, 5.41) is 1.32. The zero-order chi connectivity index (χ0) is 12.5. The molecule has 0 saturated heterocycles. The lowest BCUT2D eigenvalue weighted by Crippen LogP contribution is -2.23. The van der Waals surface area contributed by atoms with Crippen molar-refractivity contribution in [3.8, 4) is 5.75 Å². The van der Waals surface area contributed by atoms with E-state index in [9.17, 15) is 0 Å². The molecular weight excluding hydrogens is 224 g/mol. The molecule has 0 atom stereocenters. The number of nitrogens with one attached hydrogen (secondary N) is 1. The molecule has 1 aromatic carbocycles. The smallest absolute Gasteiger partial charge is 0.120 e. The van der Waals surface area contributed by atoms with Gasteiger partial charge in [0.25, 0.3) is 0 Å². The molecule has 1 aliphatic rings. The third kappa shape index (κ3) is 2.23. The Labute approximate surface area is 108 Å². The molecule has 2 aromatic rings. The van der Waals surface area contributed by atoms with Crippen LogP contribution in [0.1, 0.15) is 18.4 Å². The average molecular weight is 244 g/mol. The van der Waals surface area contributed by atoms with Crippen LogP contribution in [0.15, 0.2) is 24.4 Å². The topological polar surface area (TPSA) is 28.3 Å².